The van der Waals surface area contributed by atoms with Crippen molar-refractivity contribution in [3.8, 4) is 0 Å². The molecule has 1 heterocycles. The van der Waals surface area contributed by atoms with Gasteiger partial charge in [0.15, 0.2) is 0 Å². The minimum absolute atomic E-state index is 0.617. The molecule has 1 aromatic rings. The fourth-order valence-corrected chi connectivity index (χ4v) is 19.5. The van der Waals surface area contributed by atoms with E-state index in [0.717, 1.165) is 25.0 Å². The zero-order valence-electron chi connectivity index (χ0n) is 16.1. The first-order valence-corrected chi connectivity index (χ1v) is 17.8. The summed E-state index contributed by atoms with van der Waals surface area (Å²) in [6.45, 7) is 6.95. The summed E-state index contributed by atoms with van der Waals surface area (Å²) in [5, 5.41) is 10.8. The molecular formula is C21H37NOSn. The Hall–Kier alpha value is -0.0913. The van der Waals surface area contributed by atoms with Gasteiger partial charge in [0.1, 0.15) is 0 Å². The Kier molecular flexibility index (Phi) is 8.06. The van der Waals surface area contributed by atoms with E-state index in [0.29, 0.717) is 0 Å². The van der Waals surface area contributed by atoms with E-state index in [-0.39, 0.29) is 0 Å². The molecule has 136 valence electrons. The maximum absolute atomic E-state index is 10.8. The molecular weight excluding hydrogens is 401 g/mol. The van der Waals surface area contributed by atoms with Crippen molar-refractivity contribution in [2.45, 2.75) is 97.5 Å². The van der Waals surface area contributed by atoms with Crippen molar-refractivity contribution in [3.63, 3.8) is 0 Å². The van der Waals surface area contributed by atoms with Crippen molar-refractivity contribution in [2.75, 3.05) is 0 Å². The summed E-state index contributed by atoms with van der Waals surface area (Å²) in [6.07, 6.45) is 10.9. The molecule has 24 heavy (non-hydrogen) atoms. The first-order chi connectivity index (χ1) is 11.6. The number of aromatic nitrogens is 1. The Morgan fingerprint density at radius 3 is 1.92 bits per heavy atom. The third-order valence-electron chi connectivity index (χ3n) is 5.98. The molecule has 0 spiro atoms. The molecule has 3 heteroatoms. The molecule has 1 aromatic heterocycles. The molecule has 0 saturated heterocycles. The molecule has 1 saturated carbocycles. The van der Waals surface area contributed by atoms with Gasteiger partial charge in [-0.25, -0.2) is 0 Å². The van der Waals surface area contributed by atoms with Crippen LogP contribution in [-0.4, -0.2) is 28.5 Å². The van der Waals surface area contributed by atoms with Gasteiger partial charge >= 0.3 is 154 Å². The average molecular weight is 438 g/mol. The van der Waals surface area contributed by atoms with Gasteiger partial charge in [-0.05, 0) is 0 Å². The van der Waals surface area contributed by atoms with Crippen molar-refractivity contribution >= 4 is 22.1 Å². The van der Waals surface area contributed by atoms with Crippen LogP contribution in [0, 0.1) is 0 Å². The topological polar surface area (TPSA) is 33.1 Å². The first kappa shape index (κ1) is 20.2. The van der Waals surface area contributed by atoms with E-state index in [2.05, 4.69) is 39.0 Å². The SMILES string of the molecule is CCC[CH2][Sn]([CH2]CCC)([CH2]CCC)[c]1cccc(C2(O)CCC2)n1. The molecule has 0 aliphatic heterocycles. The first-order valence-electron chi connectivity index (χ1n) is 10.3. The number of pyridine rings is 1. The molecule has 1 aliphatic carbocycles. The molecule has 1 fully saturated rings. The van der Waals surface area contributed by atoms with E-state index >= 15 is 0 Å². The Balaban J connectivity index is 2.34. The van der Waals surface area contributed by atoms with Gasteiger partial charge in [0.25, 0.3) is 0 Å². The summed E-state index contributed by atoms with van der Waals surface area (Å²) in [5.41, 5.74) is 0.352. The van der Waals surface area contributed by atoms with Crippen molar-refractivity contribution < 1.29 is 5.11 Å². The second kappa shape index (κ2) is 9.56. The van der Waals surface area contributed by atoms with E-state index in [4.69, 9.17) is 4.98 Å². The molecule has 0 amide bonds. The number of hydrogen-bond donors (Lipinski definition) is 1. The van der Waals surface area contributed by atoms with Crippen LogP contribution in [0.25, 0.3) is 0 Å². The second-order valence-electron chi connectivity index (χ2n) is 7.88. The van der Waals surface area contributed by atoms with E-state index in [1.54, 1.807) is 0 Å². The molecule has 0 aromatic carbocycles. The zero-order chi connectivity index (χ0) is 17.5. The predicted octanol–water partition coefficient (Wildman–Crippen LogP) is 5.51. The molecule has 0 bridgehead atoms. The number of rotatable bonds is 11. The molecule has 2 nitrogen and oxygen atoms in total. The zero-order valence-corrected chi connectivity index (χ0v) is 19.0. The standard InChI is InChI=1S/C9H10NO.3C4H9.Sn/c11-9(5-3-6-9)8-4-1-2-7-10-8;3*1-3-4-2;/h1-2,4,11H,3,5-6H2;3*1,3-4H2,2H3;. The van der Waals surface area contributed by atoms with Crippen molar-refractivity contribution in [1.29, 1.82) is 0 Å². The second-order valence-corrected chi connectivity index (χ2v) is 20.9. The summed E-state index contributed by atoms with van der Waals surface area (Å²) in [6, 6.07) is 6.57. The van der Waals surface area contributed by atoms with Gasteiger partial charge in [0, 0.05) is 0 Å². The number of hydrogen-bond acceptors (Lipinski definition) is 2. The predicted molar refractivity (Wildman–Crippen MR) is 107 cm³/mol. The molecule has 0 unspecified atom stereocenters. The van der Waals surface area contributed by atoms with Gasteiger partial charge in [-0.1, -0.05) is 0 Å². The monoisotopic (exact) mass is 439 g/mol. The van der Waals surface area contributed by atoms with Crippen LogP contribution < -0.4 is 3.71 Å². The Morgan fingerprint density at radius 2 is 1.50 bits per heavy atom. The van der Waals surface area contributed by atoms with Gasteiger partial charge in [-0.15, -0.1) is 0 Å². The van der Waals surface area contributed by atoms with Gasteiger partial charge in [-0.3, -0.25) is 0 Å². The van der Waals surface area contributed by atoms with Crippen LogP contribution in [0.3, 0.4) is 0 Å². The Bertz CT molecular complexity index is 477. The van der Waals surface area contributed by atoms with Crippen LogP contribution in [0.4, 0.5) is 0 Å². The third kappa shape index (κ3) is 4.75. The summed E-state index contributed by atoms with van der Waals surface area (Å²) < 4.78 is 5.79. The van der Waals surface area contributed by atoms with Gasteiger partial charge in [0.2, 0.25) is 0 Å². The molecule has 1 aliphatic rings. The van der Waals surface area contributed by atoms with E-state index < -0.39 is 24.0 Å². The van der Waals surface area contributed by atoms with Gasteiger partial charge in [-0.2, -0.15) is 0 Å². The van der Waals surface area contributed by atoms with Crippen LogP contribution in [0.5, 0.6) is 0 Å². The quantitative estimate of drug-likeness (QED) is 0.463. The number of unbranched alkanes of at least 4 members (excludes halogenated alkanes) is 3. The summed E-state index contributed by atoms with van der Waals surface area (Å²) >= 11 is -2.46. The average Bonchev–Trinajstić information content (AvgIpc) is 2.59. The maximum atomic E-state index is 10.8. The van der Waals surface area contributed by atoms with E-state index in [1.165, 1.54) is 55.5 Å². The summed E-state index contributed by atoms with van der Waals surface area (Å²) in [4.78, 5) is 5.14. The van der Waals surface area contributed by atoms with Crippen molar-refractivity contribution in [3.05, 3.63) is 23.9 Å². The molecule has 2 rings (SSSR count). The fourth-order valence-electron chi connectivity index (χ4n) is 4.06. The summed E-state index contributed by atoms with van der Waals surface area (Å²) in [7, 11) is 0. The molecule has 0 atom stereocenters. The molecule has 1 N–H and O–H groups in total. The third-order valence-corrected chi connectivity index (χ3v) is 21.1. The van der Waals surface area contributed by atoms with Crippen LogP contribution in [0.2, 0.25) is 13.3 Å². The van der Waals surface area contributed by atoms with Crippen LogP contribution in [0.1, 0.15) is 84.3 Å². The van der Waals surface area contributed by atoms with E-state index in [1.807, 2.05) is 0 Å². The van der Waals surface area contributed by atoms with Gasteiger partial charge < -0.3 is 0 Å². The van der Waals surface area contributed by atoms with E-state index in [9.17, 15) is 5.11 Å². The van der Waals surface area contributed by atoms with Crippen molar-refractivity contribution in [2.24, 2.45) is 0 Å². The Morgan fingerprint density at radius 1 is 0.958 bits per heavy atom. The minimum atomic E-state index is -2.46. The van der Waals surface area contributed by atoms with Crippen LogP contribution in [-0.2, 0) is 5.60 Å². The van der Waals surface area contributed by atoms with Crippen molar-refractivity contribution in [1.82, 2.24) is 4.98 Å². The molecule has 0 radical (unpaired) electrons. The van der Waals surface area contributed by atoms with Crippen LogP contribution in [0.15, 0.2) is 18.2 Å². The normalized spacial score (nSPS) is 16.8. The fraction of sp³-hybridized carbons (Fsp3) is 0.762. The number of aliphatic hydroxyl groups is 1. The Labute approximate surface area is 153 Å². The van der Waals surface area contributed by atoms with Crippen LogP contribution >= 0.6 is 0 Å². The summed E-state index contributed by atoms with van der Waals surface area (Å²) in [5.74, 6) is 0. The number of nitrogens with zero attached hydrogens (tertiary/aromatic N) is 1. The van der Waals surface area contributed by atoms with Gasteiger partial charge in [0.05, 0.1) is 0 Å².